The molecule has 0 unspecified atom stereocenters. The minimum absolute atomic E-state index is 0.144. The van der Waals surface area contributed by atoms with Crippen molar-refractivity contribution in [3.63, 3.8) is 0 Å². The molecule has 8 heteroatoms. The van der Waals surface area contributed by atoms with Crippen LogP contribution in [-0.2, 0) is 11.3 Å². The third-order valence-corrected chi connectivity index (χ3v) is 4.44. The Balaban J connectivity index is 1.53. The van der Waals surface area contributed by atoms with Crippen molar-refractivity contribution in [1.29, 1.82) is 0 Å². The summed E-state index contributed by atoms with van der Waals surface area (Å²) >= 11 is 0. The van der Waals surface area contributed by atoms with Crippen molar-refractivity contribution < 1.29 is 9.53 Å². The fourth-order valence-corrected chi connectivity index (χ4v) is 3.01. The number of benzene rings is 1. The van der Waals surface area contributed by atoms with E-state index in [2.05, 4.69) is 15.4 Å². The van der Waals surface area contributed by atoms with E-state index in [4.69, 9.17) is 4.74 Å². The Hall–Kier alpha value is -3.42. The van der Waals surface area contributed by atoms with Crippen LogP contribution in [0.1, 0.15) is 25.8 Å². The van der Waals surface area contributed by atoms with E-state index in [0.29, 0.717) is 18.1 Å². The Bertz CT molecular complexity index is 1020. The minimum Gasteiger partial charge on any atom is -0.494 e. The highest BCUT2D eigenvalue weighted by molar-refractivity contribution is 5.90. The van der Waals surface area contributed by atoms with Crippen LogP contribution < -0.4 is 15.7 Å². The standard InChI is InChI=1S/C20H21N5O3/c1-2-28-17-9-5-15(6-10-17)22-18(26)13-24-20(27)25(16-7-8-16)19(23-24)14-4-3-11-21-12-14/h3-6,9-12,16H,2,7-8,13H2,1H3,(H,22,26). The summed E-state index contributed by atoms with van der Waals surface area (Å²) in [6.07, 6.45) is 5.23. The molecular formula is C20H21N5O3. The van der Waals surface area contributed by atoms with Crippen molar-refractivity contribution in [1.82, 2.24) is 19.3 Å². The Labute approximate surface area is 161 Å². The van der Waals surface area contributed by atoms with Gasteiger partial charge in [0.15, 0.2) is 5.82 Å². The molecule has 2 aromatic heterocycles. The molecule has 3 aromatic rings. The van der Waals surface area contributed by atoms with Crippen molar-refractivity contribution in [2.45, 2.75) is 32.4 Å². The summed E-state index contributed by atoms with van der Waals surface area (Å²) < 4.78 is 8.27. The first-order valence-corrected chi connectivity index (χ1v) is 9.28. The second kappa shape index (κ2) is 7.67. The highest BCUT2D eigenvalue weighted by atomic mass is 16.5. The molecule has 144 valence electrons. The molecule has 1 N–H and O–H groups in total. The fraction of sp³-hybridized carbons (Fsp3) is 0.300. The van der Waals surface area contributed by atoms with Crippen LogP contribution >= 0.6 is 0 Å². The molecule has 1 aromatic carbocycles. The van der Waals surface area contributed by atoms with Crippen LogP contribution in [0.2, 0.25) is 0 Å². The minimum atomic E-state index is -0.315. The van der Waals surface area contributed by atoms with E-state index >= 15 is 0 Å². The highest BCUT2D eigenvalue weighted by Gasteiger charge is 2.30. The molecule has 1 amide bonds. The van der Waals surface area contributed by atoms with Crippen LogP contribution in [-0.4, -0.2) is 31.8 Å². The molecular weight excluding hydrogens is 358 g/mol. The zero-order chi connectivity index (χ0) is 19.5. The van der Waals surface area contributed by atoms with Crippen LogP contribution in [0.3, 0.4) is 0 Å². The Morgan fingerprint density at radius 2 is 2.04 bits per heavy atom. The van der Waals surface area contributed by atoms with Gasteiger partial charge in [-0.3, -0.25) is 14.3 Å². The third kappa shape index (κ3) is 3.80. The molecule has 1 saturated carbocycles. The van der Waals surface area contributed by atoms with Crippen molar-refractivity contribution in [3.05, 3.63) is 59.3 Å². The van der Waals surface area contributed by atoms with Gasteiger partial charge in [0.1, 0.15) is 12.3 Å². The van der Waals surface area contributed by atoms with Crippen LogP contribution in [0.5, 0.6) is 5.75 Å². The van der Waals surface area contributed by atoms with E-state index in [1.54, 1.807) is 47.3 Å². The topological polar surface area (TPSA) is 91.0 Å². The normalized spacial score (nSPS) is 13.3. The predicted octanol–water partition coefficient (Wildman–Crippen LogP) is 2.48. The van der Waals surface area contributed by atoms with Crippen LogP contribution in [0, 0.1) is 0 Å². The van der Waals surface area contributed by atoms with E-state index in [0.717, 1.165) is 24.2 Å². The van der Waals surface area contributed by atoms with Gasteiger partial charge in [0.2, 0.25) is 5.91 Å². The Morgan fingerprint density at radius 3 is 2.68 bits per heavy atom. The Morgan fingerprint density at radius 1 is 1.25 bits per heavy atom. The number of hydrogen-bond acceptors (Lipinski definition) is 5. The summed E-state index contributed by atoms with van der Waals surface area (Å²) in [5.41, 5.74) is 1.12. The van der Waals surface area contributed by atoms with Crippen LogP contribution in [0.4, 0.5) is 5.69 Å². The quantitative estimate of drug-likeness (QED) is 0.681. The van der Waals surface area contributed by atoms with Gasteiger partial charge in [-0.25, -0.2) is 9.48 Å². The second-order valence-electron chi connectivity index (χ2n) is 6.61. The van der Waals surface area contributed by atoms with Gasteiger partial charge in [0.25, 0.3) is 0 Å². The molecule has 28 heavy (non-hydrogen) atoms. The Kier molecular flexibility index (Phi) is 4.92. The highest BCUT2D eigenvalue weighted by Crippen LogP contribution is 2.36. The first-order valence-electron chi connectivity index (χ1n) is 9.28. The van der Waals surface area contributed by atoms with E-state index in [1.165, 1.54) is 4.68 Å². The number of anilines is 1. The summed E-state index contributed by atoms with van der Waals surface area (Å²) in [4.78, 5) is 29.3. The number of carbonyl (C=O) groups is 1. The van der Waals surface area contributed by atoms with E-state index < -0.39 is 0 Å². The van der Waals surface area contributed by atoms with Crippen LogP contribution in [0.25, 0.3) is 11.4 Å². The third-order valence-electron chi connectivity index (χ3n) is 4.44. The number of carbonyl (C=O) groups excluding carboxylic acids is 1. The lowest BCUT2D eigenvalue weighted by atomic mass is 10.3. The molecule has 2 heterocycles. The smallest absolute Gasteiger partial charge is 0.346 e. The number of ether oxygens (including phenoxy) is 1. The molecule has 4 rings (SSSR count). The monoisotopic (exact) mass is 379 g/mol. The average molecular weight is 379 g/mol. The largest absolute Gasteiger partial charge is 0.494 e. The van der Waals surface area contributed by atoms with Crippen molar-refractivity contribution in [2.75, 3.05) is 11.9 Å². The average Bonchev–Trinajstić information content (AvgIpc) is 3.49. The first kappa shape index (κ1) is 18.0. The maximum absolute atomic E-state index is 12.8. The molecule has 0 atom stereocenters. The lowest BCUT2D eigenvalue weighted by Gasteiger charge is -2.06. The molecule has 1 fully saturated rings. The number of amides is 1. The van der Waals surface area contributed by atoms with Gasteiger partial charge in [-0.2, -0.15) is 0 Å². The summed E-state index contributed by atoms with van der Waals surface area (Å²) in [6.45, 7) is 2.34. The fourth-order valence-electron chi connectivity index (χ4n) is 3.01. The van der Waals surface area contributed by atoms with Gasteiger partial charge < -0.3 is 10.1 Å². The molecule has 8 nitrogen and oxygen atoms in total. The van der Waals surface area contributed by atoms with Gasteiger partial charge in [-0.1, -0.05) is 0 Å². The summed E-state index contributed by atoms with van der Waals surface area (Å²) in [7, 11) is 0. The molecule has 0 spiro atoms. The van der Waals surface area contributed by atoms with Gasteiger partial charge >= 0.3 is 5.69 Å². The summed E-state index contributed by atoms with van der Waals surface area (Å²) in [5.74, 6) is 0.972. The van der Waals surface area contributed by atoms with Crippen molar-refractivity contribution in [3.8, 4) is 17.1 Å². The van der Waals surface area contributed by atoms with Gasteiger partial charge in [-0.05, 0) is 56.2 Å². The predicted molar refractivity (Wildman–Crippen MR) is 104 cm³/mol. The number of nitrogens with one attached hydrogen (secondary N) is 1. The number of hydrogen-bond donors (Lipinski definition) is 1. The van der Waals surface area contributed by atoms with E-state index in [9.17, 15) is 9.59 Å². The number of aromatic nitrogens is 4. The first-order chi connectivity index (χ1) is 13.7. The molecule has 1 aliphatic rings. The maximum Gasteiger partial charge on any atom is 0.346 e. The molecule has 0 aliphatic heterocycles. The lowest BCUT2D eigenvalue weighted by molar-refractivity contribution is -0.117. The van der Waals surface area contributed by atoms with Crippen molar-refractivity contribution >= 4 is 11.6 Å². The van der Waals surface area contributed by atoms with Gasteiger partial charge in [0, 0.05) is 29.7 Å². The maximum atomic E-state index is 12.8. The molecule has 0 radical (unpaired) electrons. The molecule has 0 bridgehead atoms. The van der Waals surface area contributed by atoms with Gasteiger partial charge in [0.05, 0.1) is 6.61 Å². The summed E-state index contributed by atoms with van der Waals surface area (Å²) in [6, 6.07) is 10.9. The number of pyridine rings is 1. The lowest BCUT2D eigenvalue weighted by Crippen LogP contribution is -2.30. The SMILES string of the molecule is CCOc1ccc(NC(=O)Cn2nc(-c3cccnc3)n(C3CC3)c2=O)cc1. The summed E-state index contributed by atoms with van der Waals surface area (Å²) in [5, 5.41) is 7.19. The molecule has 0 saturated heterocycles. The van der Waals surface area contributed by atoms with Crippen LogP contribution in [0.15, 0.2) is 53.6 Å². The van der Waals surface area contributed by atoms with E-state index in [-0.39, 0.29) is 24.2 Å². The zero-order valence-corrected chi connectivity index (χ0v) is 15.5. The number of nitrogens with zero attached hydrogens (tertiary/aromatic N) is 4. The molecule has 1 aliphatic carbocycles. The van der Waals surface area contributed by atoms with E-state index in [1.807, 2.05) is 13.0 Å². The van der Waals surface area contributed by atoms with Gasteiger partial charge in [-0.15, -0.1) is 5.10 Å². The second-order valence-corrected chi connectivity index (χ2v) is 6.61. The zero-order valence-electron chi connectivity index (χ0n) is 15.5. The van der Waals surface area contributed by atoms with Crippen molar-refractivity contribution in [2.24, 2.45) is 0 Å². The number of rotatable bonds is 7.